The van der Waals surface area contributed by atoms with Gasteiger partial charge in [-0.3, -0.25) is 9.59 Å². The Labute approximate surface area is 218 Å². The summed E-state index contributed by atoms with van der Waals surface area (Å²) in [5.74, 6) is -2.97. The van der Waals surface area contributed by atoms with E-state index in [1.54, 1.807) is 6.07 Å². The molecule has 1 N–H and O–H groups in total. The zero-order valence-electron chi connectivity index (χ0n) is 19.8. The second kappa shape index (κ2) is 10.8. The molecular weight excluding hydrogens is 526 g/mol. The van der Waals surface area contributed by atoms with Gasteiger partial charge in [0.25, 0.3) is 0 Å². The molecule has 1 fully saturated rings. The molecule has 1 saturated carbocycles. The van der Waals surface area contributed by atoms with Gasteiger partial charge in [0.05, 0.1) is 11.2 Å². The minimum absolute atomic E-state index is 0.0136. The van der Waals surface area contributed by atoms with Crippen molar-refractivity contribution < 1.29 is 36.3 Å². The highest BCUT2D eigenvalue weighted by Crippen LogP contribution is 2.50. The van der Waals surface area contributed by atoms with Gasteiger partial charge in [0.2, 0.25) is 0 Å². The Morgan fingerprint density at radius 1 is 1.05 bits per heavy atom. The van der Waals surface area contributed by atoms with Crippen LogP contribution in [0.1, 0.15) is 60.2 Å². The van der Waals surface area contributed by atoms with Gasteiger partial charge in [-0.2, -0.15) is 0 Å². The molecule has 4 rings (SSSR count). The molecule has 0 amide bonds. The van der Waals surface area contributed by atoms with E-state index in [1.165, 1.54) is 30.5 Å². The first-order valence-electron chi connectivity index (χ1n) is 11.8. The number of aryl methyl sites for hydroxylation is 1. The lowest BCUT2D eigenvalue weighted by Crippen LogP contribution is -2.41. The van der Waals surface area contributed by atoms with Gasteiger partial charge in [-0.05, 0) is 86.6 Å². The lowest BCUT2D eigenvalue weighted by Gasteiger charge is -2.40. The lowest BCUT2D eigenvalue weighted by molar-refractivity contribution is -0.136. The lowest BCUT2D eigenvalue weighted by atomic mass is 9.76. The van der Waals surface area contributed by atoms with Gasteiger partial charge in [0, 0.05) is 29.0 Å². The molecule has 6 nitrogen and oxygen atoms in total. The third-order valence-electron chi connectivity index (χ3n) is 7.05. The number of hydrogen-bond donors (Lipinski definition) is 1. The number of rotatable bonds is 9. The van der Waals surface area contributed by atoms with Crippen LogP contribution in [0.25, 0.3) is 0 Å². The van der Waals surface area contributed by atoms with Crippen molar-refractivity contribution in [2.45, 2.75) is 54.6 Å². The minimum atomic E-state index is -4.17. The van der Waals surface area contributed by atoms with E-state index in [1.807, 2.05) is 0 Å². The van der Waals surface area contributed by atoms with E-state index in [9.17, 15) is 22.4 Å². The molecule has 1 heterocycles. The SMILES string of the molecule is O=C(O)CCc1ccoc1C(=O)CC1CCC(c2cc(F)ccc2F)(S(=O)(=O)c2ccc(Cl)cc2)CC1. The number of carbonyl (C=O) groups is 2. The Bertz CT molecular complexity index is 1410. The van der Waals surface area contributed by atoms with Crippen LogP contribution in [0.4, 0.5) is 8.78 Å². The normalized spacial score (nSPS) is 20.0. The summed E-state index contributed by atoms with van der Waals surface area (Å²) in [4.78, 5) is 23.8. The first-order valence-corrected chi connectivity index (χ1v) is 13.7. The zero-order valence-corrected chi connectivity index (χ0v) is 21.3. The van der Waals surface area contributed by atoms with Crippen LogP contribution in [0.3, 0.4) is 0 Å². The van der Waals surface area contributed by atoms with Gasteiger partial charge in [0.1, 0.15) is 16.4 Å². The maximum Gasteiger partial charge on any atom is 0.303 e. The molecule has 10 heteroatoms. The van der Waals surface area contributed by atoms with Crippen molar-refractivity contribution >= 4 is 33.2 Å². The quantitative estimate of drug-likeness (QED) is 0.311. The van der Waals surface area contributed by atoms with Crippen LogP contribution in [-0.2, 0) is 25.8 Å². The molecule has 0 bridgehead atoms. The van der Waals surface area contributed by atoms with Crippen molar-refractivity contribution in [2.24, 2.45) is 5.92 Å². The Morgan fingerprint density at radius 2 is 1.73 bits per heavy atom. The van der Waals surface area contributed by atoms with Crippen molar-refractivity contribution in [2.75, 3.05) is 0 Å². The molecule has 0 spiro atoms. The molecule has 1 aliphatic carbocycles. The molecule has 1 aromatic heterocycles. The summed E-state index contributed by atoms with van der Waals surface area (Å²) in [6.07, 6.45) is 1.93. The van der Waals surface area contributed by atoms with Gasteiger partial charge in [0.15, 0.2) is 21.4 Å². The largest absolute Gasteiger partial charge is 0.481 e. The van der Waals surface area contributed by atoms with Crippen LogP contribution in [0.15, 0.2) is 64.1 Å². The first-order chi connectivity index (χ1) is 17.5. The molecular formula is C27H25ClF2O6S. The molecule has 37 heavy (non-hydrogen) atoms. The summed E-state index contributed by atoms with van der Waals surface area (Å²) in [6, 6.07) is 9.92. The number of benzene rings is 2. The summed E-state index contributed by atoms with van der Waals surface area (Å²) in [5.41, 5.74) is 0.277. The average molecular weight is 551 g/mol. The fourth-order valence-corrected chi connectivity index (χ4v) is 7.38. The maximum absolute atomic E-state index is 15.0. The van der Waals surface area contributed by atoms with Crippen LogP contribution in [0.5, 0.6) is 0 Å². The molecule has 0 atom stereocenters. The third-order valence-corrected chi connectivity index (χ3v) is 9.85. The number of sulfone groups is 1. The molecule has 196 valence electrons. The molecule has 0 aliphatic heterocycles. The summed E-state index contributed by atoms with van der Waals surface area (Å²) >= 11 is 5.93. The van der Waals surface area contributed by atoms with Crippen molar-refractivity contribution in [3.05, 3.63) is 88.3 Å². The van der Waals surface area contributed by atoms with E-state index >= 15 is 4.39 Å². The smallest absolute Gasteiger partial charge is 0.303 e. The number of aliphatic carboxylic acids is 1. The number of halogens is 3. The highest BCUT2D eigenvalue weighted by molar-refractivity contribution is 7.92. The van der Waals surface area contributed by atoms with Gasteiger partial charge in [-0.15, -0.1) is 0 Å². The van der Waals surface area contributed by atoms with E-state index in [0.717, 1.165) is 18.2 Å². The Morgan fingerprint density at radius 3 is 2.38 bits per heavy atom. The zero-order chi connectivity index (χ0) is 26.8. The second-order valence-corrected chi connectivity index (χ2v) is 12.0. The molecule has 0 radical (unpaired) electrons. The van der Waals surface area contributed by atoms with Crippen molar-refractivity contribution in [1.29, 1.82) is 0 Å². The number of carbonyl (C=O) groups excluding carboxylic acids is 1. The monoisotopic (exact) mass is 550 g/mol. The average Bonchev–Trinajstić information content (AvgIpc) is 3.34. The highest BCUT2D eigenvalue weighted by atomic mass is 35.5. The van der Waals surface area contributed by atoms with E-state index < -0.39 is 32.2 Å². The summed E-state index contributed by atoms with van der Waals surface area (Å²) in [7, 11) is -4.17. The van der Waals surface area contributed by atoms with Crippen molar-refractivity contribution in [3.63, 3.8) is 0 Å². The van der Waals surface area contributed by atoms with E-state index in [2.05, 4.69) is 0 Å². The van der Waals surface area contributed by atoms with Crippen LogP contribution in [0.2, 0.25) is 5.02 Å². The van der Waals surface area contributed by atoms with Crippen LogP contribution in [0, 0.1) is 17.6 Å². The fraction of sp³-hybridized carbons (Fsp3) is 0.333. The summed E-state index contributed by atoms with van der Waals surface area (Å²) in [5, 5.41) is 9.26. The molecule has 0 unspecified atom stereocenters. The number of furan rings is 1. The third kappa shape index (κ3) is 5.48. The molecule has 3 aromatic rings. The van der Waals surface area contributed by atoms with Crippen LogP contribution >= 0.6 is 11.6 Å². The Kier molecular flexibility index (Phi) is 7.85. The molecule has 2 aromatic carbocycles. The standard InChI is InChI=1S/C27H25ClF2O6S/c28-19-2-5-21(6-3-19)37(34,35)27(22-16-20(29)4-7-23(22)30)12-9-17(10-13-27)15-24(31)26-18(11-14-36-26)1-8-25(32)33/h2-7,11,14,16-17H,1,8-10,12-13,15H2,(H,32,33). The van der Waals surface area contributed by atoms with Crippen molar-refractivity contribution in [1.82, 2.24) is 0 Å². The topological polar surface area (TPSA) is 102 Å². The fourth-order valence-electron chi connectivity index (χ4n) is 5.09. The number of carboxylic acids is 1. The Balaban J connectivity index is 1.60. The number of Topliss-reactive ketones (excluding diaryl/α,β-unsaturated/α-hetero) is 1. The van der Waals surface area contributed by atoms with Gasteiger partial charge < -0.3 is 9.52 Å². The van der Waals surface area contributed by atoms with E-state index in [4.69, 9.17) is 21.1 Å². The molecule has 0 saturated heterocycles. The Hall–Kier alpha value is -3.04. The van der Waals surface area contributed by atoms with Crippen molar-refractivity contribution in [3.8, 4) is 0 Å². The van der Waals surface area contributed by atoms with Gasteiger partial charge >= 0.3 is 5.97 Å². The summed E-state index contributed by atoms with van der Waals surface area (Å²) in [6.45, 7) is 0. The van der Waals surface area contributed by atoms with Crippen LogP contribution in [-0.4, -0.2) is 25.3 Å². The number of hydrogen-bond acceptors (Lipinski definition) is 5. The predicted molar refractivity (Wildman–Crippen MR) is 132 cm³/mol. The van der Waals surface area contributed by atoms with Gasteiger partial charge in [-0.25, -0.2) is 17.2 Å². The van der Waals surface area contributed by atoms with E-state index in [0.29, 0.717) is 10.6 Å². The maximum atomic E-state index is 15.0. The summed E-state index contributed by atoms with van der Waals surface area (Å²) < 4.78 is 60.6. The van der Waals surface area contributed by atoms with Crippen LogP contribution < -0.4 is 0 Å². The molecule has 1 aliphatic rings. The first kappa shape index (κ1) is 27.0. The minimum Gasteiger partial charge on any atom is -0.481 e. The predicted octanol–water partition coefficient (Wildman–Crippen LogP) is 6.36. The number of carboxylic acid groups (broad SMARTS) is 1. The second-order valence-electron chi connectivity index (χ2n) is 9.32. The highest BCUT2D eigenvalue weighted by Gasteiger charge is 2.50. The number of ketones is 1. The van der Waals surface area contributed by atoms with E-state index in [-0.39, 0.29) is 72.9 Å². The van der Waals surface area contributed by atoms with Gasteiger partial charge in [-0.1, -0.05) is 11.6 Å².